The van der Waals surface area contributed by atoms with E-state index in [1.54, 1.807) is 31.2 Å². The van der Waals surface area contributed by atoms with Crippen molar-refractivity contribution < 1.29 is 18.0 Å². The zero-order valence-electron chi connectivity index (χ0n) is 22.9. The molecule has 3 aromatic rings. The summed E-state index contributed by atoms with van der Waals surface area (Å²) in [7, 11) is 0.305. The number of rotatable bonds is 11. The summed E-state index contributed by atoms with van der Waals surface area (Å²) in [5, 5.41) is 3.16. The van der Waals surface area contributed by atoms with E-state index >= 15 is 0 Å². The molecule has 0 aliphatic carbocycles. The van der Waals surface area contributed by atoms with Crippen molar-refractivity contribution in [2.75, 3.05) is 32.0 Å². The van der Waals surface area contributed by atoms with Gasteiger partial charge < -0.3 is 10.2 Å². The van der Waals surface area contributed by atoms with Crippen LogP contribution in [0.4, 0.5) is 5.69 Å². The van der Waals surface area contributed by atoms with Gasteiger partial charge in [0.1, 0.15) is 12.6 Å². The number of anilines is 1. The average Bonchev–Trinajstić information content (AvgIpc) is 2.90. The zero-order chi connectivity index (χ0) is 28.7. The summed E-state index contributed by atoms with van der Waals surface area (Å²) in [6.45, 7) is 3.22. The number of nitrogens with one attached hydrogen (secondary N) is 1. The molecule has 208 valence electrons. The van der Waals surface area contributed by atoms with E-state index in [2.05, 4.69) is 5.32 Å². The van der Waals surface area contributed by atoms with Gasteiger partial charge in [0.25, 0.3) is 0 Å². The van der Waals surface area contributed by atoms with E-state index in [1.807, 2.05) is 55.5 Å². The van der Waals surface area contributed by atoms with Gasteiger partial charge in [0, 0.05) is 39.1 Å². The highest BCUT2D eigenvalue weighted by Gasteiger charge is 2.34. The van der Waals surface area contributed by atoms with Crippen LogP contribution in [0.5, 0.6) is 0 Å². The van der Waals surface area contributed by atoms with Crippen LogP contribution in [-0.4, -0.2) is 63.2 Å². The van der Waals surface area contributed by atoms with Gasteiger partial charge in [0.2, 0.25) is 11.8 Å². The van der Waals surface area contributed by atoms with E-state index < -0.39 is 28.7 Å². The summed E-state index contributed by atoms with van der Waals surface area (Å²) >= 11 is 6.22. The van der Waals surface area contributed by atoms with Gasteiger partial charge in [-0.2, -0.15) is 12.7 Å². The quantitative estimate of drug-likeness (QED) is 0.378. The highest BCUT2D eigenvalue weighted by atomic mass is 35.5. The molecule has 8 nitrogen and oxygen atoms in total. The Hall–Kier alpha value is -3.40. The van der Waals surface area contributed by atoms with Gasteiger partial charge in [-0.1, -0.05) is 66.2 Å². The lowest BCUT2D eigenvalue weighted by molar-refractivity contribution is -0.139. The van der Waals surface area contributed by atoms with Crippen molar-refractivity contribution >= 4 is 39.3 Å². The molecule has 10 heteroatoms. The number of amides is 2. The maximum atomic E-state index is 14.1. The van der Waals surface area contributed by atoms with Crippen molar-refractivity contribution in [2.24, 2.45) is 0 Å². The largest absolute Gasteiger partial charge is 0.357 e. The predicted octanol–water partition coefficient (Wildman–Crippen LogP) is 3.96. The van der Waals surface area contributed by atoms with Crippen LogP contribution in [0, 0.1) is 13.8 Å². The molecular weight excluding hydrogens is 536 g/mol. The molecule has 0 spiro atoms. The number of nitrogens with zero attached hydrogens (tertiary/aromatic N) is 3. The van der Waals surface area contributed by atoms with Crippen molar-refractivity contribution in [3.8, 4) is 0 Å². The Kier molecular flexibility index (Phi) is 10.1. The van der Waals surface area contributed by atoms with Crippen molar-refractivity contribution in [3.05, 3.63) is 100 Å². The zero-order valence-corrected chi connectivity index (χ0v) is 24.5. The summed E-state index contributed by atoms with van der Waals surface area (Å²) in [6, 6.07) is 21.0. The van der Waals surface area contributed by atoms with Gasteiger partial charge >= 0.3 is 10.2 Å². The number of carbonyl (C=O) groups excluding carboxylic acids is 2. The molecule has 0 radical (unpaired) electrons. The molecule has 0 bridgehead atoms. The summed E-state index contributed by atoms with van der Waals surface area (Å²) in [5.74, 6) is -0.881. The van der Waals surface area contributed by atoms with E-state index in [-0.39, 0.29) is 18.9 Å². The minimum atomic E-state index is -4.05. The van der Waals surface area contributed by atoms with E-state index in [4.69, 9.17) is 11.6 Å². The van der Waals surface area contributed by atoms with Crippen LogP contribution in [0.25, 0.3) is 0 Å². The third kappa shape index (κ3) is 7.59. The molecule has 0 saturated heterocycles. The molecule has 0 aromatic heterocycles. The van der Waals surface area contributed by atoms with Crippen LogP contribution >= 0.6 is 11.6 Å². The summed E-state index contributed by atoms with van der Waals surface area (Å²) in [4.78, 5) is 28.8. The third-order valence-corrected chi connectivity index (χ3v) is 8.45. The standard InChI is InChI=1S/C29H35ClN4O4S/c1-21-14-15-22(2)26(16-21)34(39(37,38)32(4)5)20-28(35)33(19-24-12-9-13-25(30)17-24)27(29(36)31-3)18-23-10-7-6-8-11-23/h6-17,27H,18-20H2,1-5H3,(H,31,36). The van der Waals surface area contributed by atoms with E-state index in [1.165, 1.54) is 26.0 Å². The van der Waals surface area contributed by atoms with E-state index in [0.717, 1.165) is 19.7 Å². The molecule has 1 N–H and O–H groups in total. The third-order valence-electron chi connectivity index (χ3n) is 6.41. The number of likely N-dealkylation sites (N-methyl/N-ethyl adjacent to an activating group) is 1. The molecule has 3 aromatic carbocycles. The van der Waals surface area contributed by atoms with Gasteiger partial charge in [-0.3, -0.25) is 9.59 Å². The van der Waals surface area contributed by atoms with E-state index in [0.29, 0.717) is 21.8 Å². The molecule has 2 amide bonds. The van der Waals surface area contributed by atoms with Crippen LogP contribution in [-0.2, 0) is 32.8 Å². The fraction of sp³-hybridized carbons (Fsp3) is 0.310. The number of carbonyl (C=O) groups is 2. The van der Waals surface area contributed by atoms with Gasteiger partial charge in [0.15, 0.2) is 0 Å². The second-order valence-electron chi connectivity index (χ2n) is 9.56. The van der Waals surface area contributed by atoms with Crippen LogP contribution in [0.3, 0.4) is 0 Å². The van der Waals surface area contributed by atoms with Crippen LogP contribution < -0.4 is 9.62 Å². The first-order valence-corrected chi connectivity index (χ1v) is 14.3. The topological polar surface area (TPSA) is 90.0 Å². The molecule has 1 unspecified atom stereocenters. The predicted molar refractivity (Wildman–Crippen MR) is 156 cm³/mol. The SMILES string of the molecule is CNC(=O)C(Cc1ccccc1)N(Cc1cccc(Cl)c1)C(=O)CN(c1cc(C)ccc1C)S(=O)(=O)N(C)C. The molecular formula is C29H35ClN4O4S. The molecule has 0 aliphatic rings. The average molecular weight is 571 g/mol. The number of hydrogen-bond donors (Lipinski definition) is 1. The summed E-state index contributed by atoms with van der Waals surface area (Å²) in [6.07, 6.45) is 0.247. The lowest BCUT2D eigenvalue weighted by Gasteiger charge is -2.34. The Morgan fingerprint density at radius 3 is 2.21 bits per heavy atom. The maximum absolute atomic E-state index is 14.1. The normalized spacial score (nSPS) is 12.2. The Morgan fingerprint density at radius 2 is 1.59 bits per heavy atom. The minimum absolute atomic E-state index is 0.0625. The molecule has 0 saturated carbocycles. The van der Waals surface area contributed by atoms with Gasteiger partial charge in [-0.15, -0.1) is 0 Å². The van der Waals surface area contributed by atoms with Gasteiger partial charge in [-0.05, 0) is 54.3 Å². The number of hydrogen-bond acceptors (Lipinski definition) is 4. The smallest absolute Gasteiger partial charge is 0.304 e. The Balaban J connectivity index is 2.10. The first-order chi connectivity index (χ1) is 18.4. The lowest BCUT2D eigenvalue weighted by atomic mass is 10.0. The first-order valence-electron chi connectivity index (χ1n) is 12.5. The fourth-order valence-corrected chi connectivity index (χ4v) is 5.57. The molecule has 3 rings (SSSR count). The van der Waals surface area contributed by atoms with Crippen molar-refractivity contribution in [1.82, 2.24) is 14.5 Å². The first kappa shape index (κ1) is 30.1. The fourth-order valence-electron chi connectivity index (χ4n) is 4.24. The van der Waals surface area contributed by atoms with Crippen LogP contribution in [0.15, 0.2) is 72.8 Å². The second kappa shape index (κ2) is 13.1. The molecule has 39 heavy (non-hydrogen) atoms. The minimum Gasteiger partial charge on any atom is -0.357 e. The Labute approximate surface area is 236 Å². The van der Waals surface area contributed by atoms with Crippen LogP contribution in [0.1, 0.15) is 22.3 Å². The van der Waals surface area contributed by atoms with Crippen LogP contribution in [0.2, 0.25) is 5.02 Å². The Bertz CT molecular complexity index is 1410. The highest BCUT2D eigenvalue weighted by Crippen LogP contribution is 2.26. The summed E-state index contributed by atoms with van der Waals surface area (Å²) in [5.41, 5.74) is 3.53. The monoisotopic (exact) mass is 570 g/mol. The molecule has 0 heterocycles. The Morgan fingerprint density at radius 1 is 0.923 bits per heavy atom. The molecule has 0 aliphatic heterocycles. The van der Waals surface area contributed by atoms with Gasteiger partial charge in [0.05, 0.1) is 5.69 Å². The molecule has 0 fully saturated rings. The number of aryl methyl sites for hydroxylation is 2. The molecule has 1 atom stereocenters. The highest BCUT2D eigenvalue weighted by molar-refractivity contribution is 7.90. The van der Waals surface area contributed by atoms with Crippen molar-refractivity contribution in [3.63, 3.8) is 0 Å². The van der Waals surface area contributed by atoms with Crippen molar-refractivity contribution in [1.29, 1.82) is 0 Å². The number of halogens is 1. The maximum Gasteiger partial charge on any atom is 0.304 e. The van der Waals surface area contributed by atoms with E-state index in [9.17, 15) is 18.0 Å². The lowest BCUT2D eigenvalue weighted by Crippen LogP contribution is -2.54. The number of benzene rings is 3. The van der Waals surface area contributed by atoms with Gasteiger partial charge in [-0.25, -0.2) is 4.31 Å². The summed E-state index contributed by atoms with van der Waals surface area (Å²) < 4.78 is 29.2. The second-order valence-corrected chi connectivity index (χ2v) is 12.1. The van der Waals surface area contributed by atoms with Crippen molar-refractivity contribution in [2.45, 2.75) is 32.9 Å².